The monoisotopic (exact) mass is 209 g/mol. The summed E-state index contributed by atoms with van der Waals surface area (Å²) in [6.45, 7) is 0. The van der Waals surface area contributed by atoms with Crippen LogP contribution in [0.2, 0.25) is 5.02 Å². The van der Waals surface area contributed by atoms with Crippen LogP contribution in [0.3, 0.4) is 0 Å². The van der Waals surface area contributed by atoms with Gasteiger partial charge in [0, 0.05) is 5.02 Å². The summed E-state index contributed by atoms with van der Waals surface area (Å²) >= 11 is 5.92. The van der Waals surface area contributed by atoms with Crippen molar-refractivity contribution in [3.05, 3.63) is 34.6 Å². The number of rotatable bonds is 2. The molecule has 1 saturated carbocycles. The van der Waals surface area contributed by atoms with Crippen LogP contribution in [0.25, 0.3) is 0 Å². The number of hydrogen-bond acceptors (Lipinski definition) is 1. The first-order valence-electron chi connectivity index (χ1n) is 4.57. The molecule has 2 rings (SSSR count). The number of halogens is 2. The molecule has 0 aromatic heterocycles. The van der Waals surface area contributed by atoms with Gasteiger partial charge in [-0.25, -0.2) is 4.39 Å². The maximum Gasteiger partial charge on any atom is 0.123 e. The highest BCUT2D eigenvalue weighted by molar-refractivity contribution is 6.31. The molecule has 0 aliphatic heterocycles. The fourth-order valence-corrected chi connectivity index (χ4v) is 1.85. The number of benzene rings is 1. The normalized spacial score (nSPS) is 17.5. The van der Waals surface area contributed by atoms with Crippen LogP contribution in [-0.2, 0) is 0 Å². The molecule has 0 saturated heterocycles. The predicted molar refractivity (Wildman–Crippen MR) is 52.5 cm³/mol. The van der Waals surface area contributed by atoms with Crippen molar-refractivity contribution in [1.29, 1.82) is 5.26 Å². The second-order valence-corrected chi connectivity index (χ2v) is 4.02. The first-order valence-corrected chi connectivity index (χ1v) is 4.94. The van der Waals surface area contributed by atoms with E-state index in [1.165, 1.54) is 18.2 Å². The van der Waals surface area contributed by atoms with Crippen molar-refractivity contribution in [1.82, 2.24) is 0 Å². The number of hydrogen-bond donors (Lipinski definition) is 0. The van der Waals surface area contributed by atoms with Gasteiger partial charge in [0.2, 0.25) is 0 Å². The maximum absolute atomic E-state index is 13.0. The Kier molecular flexibility index (Phi) is 2.43. The average molecular weight is 210 g/mol. The Bertz CT molecular complexity index is 393. The third-order valence-electron chi connectivity index (χ3n) is 2.53. The minimum absolute atomic E-state index is 0.238. The lowest BCUT2D eigenvalue weighted by atomic mass is 9.96. The maximum atomic E-state index is 13.0. The van der Waals surface area contributed by atoms with Crippen molar-refractivity contribution in [2.75, 3.05) is 0 Å². The van der Waals surface area contributed by atoms with E-state index in [0.717, 1.165) is 12.8 Å². The van der Waals surface area contributed by atoms with E-state index in [4.69, 9.17) is 16.9 Å². The van der Waals surface area contributed by atoms with E-state index in [2.05, 4.69) is 6.07 Å². The lowest BCUT2D eigenvalue weighted by molar-refractivity contribution is 0.621. The van der Waals surface area contributed by atoms with Crippen LogP contribution < -0.4 is 0 Å². The van der Waals surface area contributed by atoms with Gasteiger partial charge in [-0.3, -0.25) is 0 Å². The molecule has 1 aliphatic carbocycles. The van der Waals surface area contributed by atoms with Crippen molar-refractivity contribution in [2.45, 2.75) is 18.8 Å². The minimum atomic E-state index is -0.328. The molecular weight excluding hydrogens is 201 g/mol. The van der Waals surface area contributed by atoms with E-state index in [0.29, 0.717) is 16.5 Å². The highest BCUT2D eigenvalue weighted by Gasteiger charge is 2.33. The smallest absolute Gasteiger partial charge is 0.123 e. The van der Waals surface area contributed by atoms with Gasteiger partial charge in [-0.15, -0.1) is 0 Å². The van der Waals surface area contributed by atoms with Gasteiger partial charge in [0.25, 0.3) is 0 Å². The fraction of sp³-hybridized carbons (Fsp3) is 0.364. The molecule has 0 amide bonds. The molecular formula is C11H9ClFN. The van der Waals surface area contributed by atoms with Crippen LogP contribution in [0.15, 0.2) is 18.2 Å². The summed E-state index contributed by atoms with van der Waals surface area (Å²) in [5, 5.41) is 9.46. The highest BCUT2D eigenvalue weighted by Crippen LogP contribution is 2.44. The summed E-state index contributed by atoms with van der Waals surface area (Å²) in [4.78, 5) is 0. The Morgan fingerprint density at radius 2 is 2.21 bits per heavy atom. The molecule has 1 unspecified atom stereocenters. The topological polar surface area (TPSA) is 23.8 Å². The fourth-order valence-electron chi connectivity index (χ4n) is 1.61. The van der Waals surface area contributed by atoms with Crippen LogP contribution in [0, 0.1) is 23.1 Å². The molecule has 72 valence electrons. The Morgan fingerprint density at radius 3 is 2.79 bits per heavy atom. The van der Waals surface area contributed by atoms with E-state index in [9.17, 15) is 4.39 Å². The summed E-state index contributed by atoms with van der Waals surface area (Å²) in [5.74, 6) is -0.192. The van der Waals surface area contributed by atoms with Gasteiger partial charge in [0.15, 0.2) is 0 Å². The van der Waals surface area contributed by atoms with Gasteiger partial charge in [-0.05, 0) is 42.5 Å². The minimum Gasteiger partial charge on any atom is -0.207 e. The molecule has 1 aliphatic rings. The molecule has 1 atom stereocenters. The average Bonchev–Trinajstić information content (AvgIpc) is 2.96. The van der Waals surface area contributed by atoms with Crippen molar-refractivity contribution in [3.8, 4) is 6.07 Å². The molecule has 1 nitrogen and oxygen atoms in total. The van der Waals surface area contributed by atoms with Crippen molar-refractivity contribution in [2.24, 2.45) is 5.92 Å². The van der Waals surface area contributed by atoms with Crippen LogP contribution >= 0.6 is 11.6 Å². The largest absolute Gasteiger partial charge is 0.207 e. The first kappa shape index (κ1) is 9.48. The molecule has 14 heavy (non-hydrogen) atoms. The van der Waals surface area contributed by atoms with Gasteiger partial charge in [-0.1, -0.05) is 11.6 Å². The zero-order valence-electron chi connectivity index (χ0n) is 7.50. The Labute approximate surface area is 87.1 Å². The van der Waals surface area contributed by atoms with E-state index in [1.807, 2.05) is 0 Å². The summed E-state index contributed by atoms with van der Waals surface area (Å²) in [6, 6.07) is 6.39. The zero-order chi connectivity index (χ0) is 10.1. The van der Waals surface area contributed by atoms with Gasteiger partial charge in [0.1, 0.15) is 5.82 Å². The van der Waals surface area contributed by atoms with Crippen molar-refractivity contribution < 1.29 is 4.39 Å². The number of nitriles is 1. The summed E-state index contributed by atoms with van der Waals surface area (Å²) in [5.41, 5.74) is 0.636. The third-order valence-corrected chi connectivity index (χ3v) is 2.87. The molecule has 1 aromatic carbocycles. The Morgan fingerprint density at radius 1 is 1.50 bits per heavy atom. The van der Waals surface area contributed by atoms with Crippen LogP contribution in [-0.4, -0.2) is 0 Å². The molecule has 0 spiro atoms. The van der Waals surface area contributed by atoms with Gasteiger partial charge >= 0.3 is 0 Å². The third kappa shape index (κ3) is 1.73. The molecule has 0 radical (unpaired) electrons. The van der Waals surface area contributed by atoms with E-state index >= 15 is 0 Å². The predicted octanol–water partition coefficient (Wildman–Crippen LogP) is 3.50. The molecule has 1 aromatic rings. The van der Waals surface area contributed by atoms with E-state index in [-0.39, 0.29) is 11.7 Å². The van der Waals surface area contributed by atoms with Crippen LogP contribution in [0.5, 0.6) is 0 Å². The molecule has 0 heterocycles. The number of nitrogens with zero attached hydrogens (tertiary/aromatic N) is 1. The molecule has 1 fully saturated rings. The summed E-state index contributed by atoms with van der Waals surface area (Å²) in [6.07, 6.45) is 2.09. The van der Waals surface area contributed by atoms with Crippen molar-refractivity contribution in [3.63, 3.8) is 0 Å². The van der Waals surface area contributed by atoms with Gasteiger partial charge < -0.3 is 0 Å². The standard InChI is InChI=1S/C11H9ClFN/c12-11-4-3-8(13)5-9(11)10(6-14)7-1-2-7/h3-5,7,10H,1-2H2. The highest BCUT2D eigenvalue weighted by atomic mass is 35.5. The molecule has 0 N–H and O–H groups in total. The zero-order valence-corrected chi connectivity index (χ0v) is 8.26. The second-order valence-electron chi connectivity index (χ2n) is 3.61. The molecule has 3 heteroatoms. The summed E-state index contributed by atoms with van der Waals surface area (Å²) in [7, 11) is 0. The van der Waals surface area contributed by atoms with Crippen molar-refractivity contribution >= 4 is 11.6 Å². The summed E-state index contributed by atoms with van der Waals surface area (Å²) < 4.78 is 13.0. The van der Waals surface area contributed by atoms with Crippen LogP contribution in [0.4, 0.5) is 4.39 Å². The molecule has 0 bridgehead atoms. The quantitative estimate of drug-likeness (QED) is 0.732. The Balaban J connectivity index is 2.38. The van der Waals surface area contributed by atoms with Gasteiger partial charge in [0.05, 0.1) is 12.0 Å². The first-order chi connectivity index (χ1) is 6.72. The lowest BCUT2D eigenvalue weighted by Crippen LogP contribution is -1.99. The van der Waals surface area contributed by atoms with Gasteiger partial charge in [-0.2, -0.15) is 5.26 Å². The SMILES string of the molecule is N#CC(c1cc(F)ccc1Cl)C1CC1. The van der Waals surface area contributed by atoms with Crippen LogP contribution in [0.1, 0.15) is 24.3 Å². The second kappa shape index (κ2) is 3.59. The lowest BCUT2D eigenvalue weighted by Gasteiger charge is -2.09. The van der Waals surface area contributed by atoms with E-state index in [1.54, 1.807) is 0 Å². The van der Waals surface area contributed by atoms with E-state index < -0.39 is 0 Å². The Hall–Kier alpha value is -1.07.